The van der Waals surface area contributed by atoms with Gasteiger partial charge in [0, 0.05) is 13.7 Å². The minimum Gasteiger partial charge on any atom is -0.457 e. The summed E-state index contributed by atoms with van der Waals surface area (Å²) in [5.41, 5.74) is 7.47. The van der Waals surface area contributed by atoms with E-state index in [1.807, 2.05) is 0 Å². The number of alkyl halides is 3. The third kappa shape index (κ3) is 6.61. The molecule has 0 aliphatic heterocycles. The molecule has 3 aromatic rings. The lowest BCUT2D eigenvalue weighted by atomic mass is 10.2. The number of nitrogens with two attached hydrogens (primary N) is 1. The van der Waals surface area contributed by atoms with Crippen molar-refractivity contribution in [3.63, 3.8) is 0 Å². The van der Waals surface area contributed by atoms with E-state index in [0.717, 1.165) is 17.7 Å². The number of amides is 1. The van der Waals surface area contributed by atoms with Crippen LogP contribution in [0.25, 0.3) is 0 Å². The van der Waals surface area contributed by atoms with Crippen LogP contribution in [0.1, 0.15) is 21.6 Å². The molecule has 0 radical (unpaired) electrons. The molecule has 0 bridgehead atoms. The van der Waals surface area contributed by atoms with Crippen molar-refractivity contribution in [2.45, 2.75) is 19.5 Å². The number of carbonyl (C=O) groups is 1. The second-order valence-corrected chi connectivity index (χ2v) is 6.62. The number of benzene rings is 2. The van der Waals surface area contributed by atoms with Gasteiger partial charge in [-0.2, -0.15) is 0 Å². The van der Waals surface area contributed by atoms with Crippen molar-refractivity contribution in [3.05, 3.63) is 77.5 Å². The van der Waals surface area contributed by atoms with E-state index in [2.05, 4.69) is 15.0 Å². The molecule has 1 aromatic heterocycles. The highest BCUT2D eigenvalue weighted by Crippen LogP contribution is 2.27. The number of carbonyl (C=O) groups excluding carboxylic acids is 1. The third-order valence-corrected chi connectivity index (χ3v) is 4.16. The van der Waals surface area contributed by atoms with Gasteiger partial charge in [0.2, 0.25) is 0 Å². The summed E-state index contributed by atoms with van der Waals surface area (Å²) < 4.78 is 51.2. The van der Waals surface area contributed by atoms with E-state index in [0.29, 0.717) is 17.2 Å². The van der Waals surface area contributed by atoms with E-state index >= 15 is 0 Å². The van der Waals surface area contributed by atoms with E-state index in [-0.39, 0.29) is 36.2 Å². The summed E-state index contributed by atoms with van der Waals surface area (Å²) in [4.78, 5) is 16.6. The Labute approximate surface area is 181 Å². The Kier molecular flexibility index (Phi) is 7.16. The van der Waals surface area contributed by atoms with E-state index in [1.54, 1.807) is 36.4 Å². The summed E-state index contributed by atoms with van der Waals surface area (Å²) in [5.74, 6) is 0.157. The molecule has 0 atom stereocenters. The van der Waals surface area contributed by atoms with Crippen LogP contribution in [-0.2, 0) is 17.9 Å². The normalized spacial score (nSPS) is 11.1. The molecule has 0 saturated carbocycles. The second-order valence-electron chi connectivity index (χ2n) is 6.62. The number of nitrogens with zero attached hydrogens (tertiary/aromatic N) is 1. The number of anilines is 1. The molecule has 3 N–H and O–H groups in total. The maximum atomic E-state index is 12.4. The molecule has 0 unspecified atom stereocenters. The predicted octanol–water partition coefficient (Wildman–Crippen LogP) is 4.43. The maximum Gasteiger partial charge on any atom is 0.573 e. The molecule has 32 heavy (non-hydrogen) atoms. The fourth-order valence-electron chi connectivity index (χ4n) is 2.78. The van der Waals surface area contributed by atoms with Crippen LogP contribution in [0, 0.1) is 0 Å². The molecule has 1 amide bonds. The van der Waals surface area contributed by atoms with Crippen molar-refractivity contribution in [1.29, 1.82) is 0 Å². The number of rotatable bonds is 8. The van der Waals surface area contributed by atoms with Crippen molar-refractivity contribution in [3.8, 4) is 17.2 Å². The molecule has 168 valence electrons. The number of nitrogens with one attached hydrogen (secondary N) is 1. The largest absolute Gasteiger partial charge is 0.573 e. The quantitative estimate of drug-likeness (QED) is 0.530. The van der Waals surface area contributed by atoms with Crippen molar-refractivity contribution in [2.75, 3.05) is 12.8 Å². The highest BCUT2D eigenvalue weighted by Gasteiger charge is 2.31. The number of methoxy groups -OCH3 is 1. The van der Waals surface area contributed by atoms with Gasteiger partial charge in [0.25, 0.3) is 5.91 Å². The number of ether oxygens (including phenoxy) is 3. The van der Waals surface area contributed by atoms with Crippen LogP contribution in [0.2, 0.25) is 0 Å². The molecule has 7 nitrogen and oxygen atoms in total. The van der Waals surface area contributed by atoms with E-state index in [4.69, 9.17) is 15.2 Å². The Morgan fingerprint density at radius 3 is 2.41 bits per heavy atom. The van der Waals surface area contributed by atoms with Crippen LogP contribution in [-0.4, -0.2) is 24.4 Å². The number of pyridine rings is 1. The summed E-state index contributed by atoms with van der Waals surface area (Å²) in [6.45, 7) is 0.491. The molecule has 0 aliphatic rings. The Balaban J connectivity index is 1.60. The number of hydrogen-bond donors (Lipinski definition) is 2. The fraction of sp³-hybridized carbons (Fsp3) is 0.182. The maximum absolute atomic E-state index is 12.4. The minimum absolute atomic E-state index is 0.104. The van der Waals surface area contributed by atoms with Crippen LogP contribution in [0.3, 0.4) is 0 Å². The number of aromatic nitrogens is 1. The lowest BCUT2D eigenvalue weighted by molar-refractivity contribution is -0.274. The van der Waals surface area contributed by atoms with Gasteiger partial charge in [0.05, 0.1) is 17.9 Å². The van der Waals surface area contributed by atoms with Gasteiger partial charge in [0.15, 0.2) is 0 Å². The molecule has 0 saturated heterocycles. The van der Waals surface area contributed by atoms with Gasteiger partial charge < -0.3 is 25.3 Å². The first kappa shape index (κ1) is 22.9. The number of nitrogen functional groups attached to an aromatic ring is 1. The third-order valence-electron chi connectivity index (χ3n) is 4.16. The highest BCUT2D eigenvalue weighted by molar-refractivity contribution is 5.98. The first-order valence-electron chi connectivity index (χ1n) is 9.38. The summed E-state index contributed by atoms with van der Waals surface area (Å²) >= 11 is 0. The van der Waals surface area contributed by atoms with Crippen LogP contribution < -0.4 is 20.5 Å². The number of halogens is 3. The lowest BCUT2D eigenvalue weighted by Gasteiger charge is -2.11. The van der Waals surface area contributed by atoms with Crippen LogP contribution in [0.4, 0.5) is 19.0 Å². The highest BCUT2D eigenvalue weighted by atomic mass is 19.4. The first-order valence-corrected chi connectivity index (χ1v) is 9.38. The van der Waals surface area contributed by atoms with Crippen molar-refractivity contribution in [1.82, 2.24) is 10.3 Å². The average molecular weight is 447 g/mol. The molecule has 0 fully saturated rings. The molecule has 0 spiro atoms. The Bertz CT molecular complexity index is 1070. The number of hydrogen-bond acceptors (Lipinski definition) is 6. The Hall–Kier alpha value is -3.79. The van der Waals surface area contributed by atoms with E-state index in [9.17, 15) is 18.0 Å². The van der Waals surface area contributed by atoms with Gasteiger partial charge in [-0.25, -0.2) is 4.98 Å². The smallest absolute Gasteiger partial charge is 0.457 e. The summed E-state index contributed by atoms with van der Waals surface area (Å²) in [5, 5.41) is 2.76. The predicted molar refractivity (Wildman–Crippen MR) is 110 cm³/mol. The average Bonchev–Trinajstić information content (AvgIpc) is 2.73. The molecule has 1 heterocycles. The first-order chi connectivity index (χ1) is 15.2. The van der Waals surface area contributed by atoms with E-state index in [1.165, 1.54) is 19.2 Å². The topological polar surface area (TPSA) is 95.7 Å². The molecular formula is C22H20F3N3O4. The lowest BCUT2D eigenvalue weighted by Crippen LogP contribution is -2.24. The summed E-state index contributed by atoms with van der Waals surface area (Å²) in [7, 11) is 1.54. The van der Waals surface area contributed by atoms with Crippen LogP contribution in [0.5, 0.6) is 17.2 Å². The minimum atomic E-state index is -4.76. The summed E-state index contributed by atoms with van der Waals surface area (Å²) in [6.07, 6.45) is -4.76. The van der Waals surface area contributed by atoms with Crippen molar-refractivity contribution >= 4 is 11.7 Å². The second kappa shape index (κ2) is 10.0. The van der Waals surface area contributed by atoms with Gasteiger partial charge in [-0.1, -0.05) is 12.1 Å². The van der Waals surface area contributed by atoms with Gasteiger partial charge in [-0.05, 0) is 54.1 Å². The molecule has 3 rings (SSSR count). The Morgan fingerprint density at radius 1 is 1.03 bits per heavy atom. The van der Waals surface area contributed by atoms with Gasteiger partial charge >= 0.3 is 6.36 Å². The van der Waals surface area contributed by atoms with Crippen LogP contribution in [0.15, 0.2) is 60.7 Å². The Morgan fingerprint density at radius 2 is 1.75 bits per heavy atom. The fourth-order valence-corrected chi connectivity index (χ4v) is 2.78. The standard InChI is InChI=1S/C22H20F3N3O4/c1-30-13-15-5-10-19(20(26)28-15)21(29)27-12-14-3-2-4-18(11-14)31-16-6-8-17(9-7-16)32-22(23,24)25/h2-11H,12-13H2,1H3,(H2,26,28)(H,27,29). The zero-order valence-corrected chi connectivity index (χ0v) is 17.0. The molecule has 10 heteroatoms. The van der Waals surface area contributed by atoms with Gasteiger partial charge in [-0.15, -0.1) is 13.2 Å². The van der Waals surface area contributed by atoms with Crippen LogP contribution >= 0.6 is 0 Å². The zero-order valence-electron chi connectivity index (χ0n) is 17.0. The zero-order chi connectivity index (χ0) is 23.1. The van der Waals surface area contributed by atoms with Crippen molar-refractivity contribution < 1.29 is 32.2 Å². The SMILES string of the molecule is COCc1ccc(C(=O)NCc2cccc(Oc3ccc(OC(F)(F)F)cc3)c2)c(N)n1. The van der Waals surface area contributed by atoms with E-state index < -0.39 is 6.36 Å². The van der Waals surface area contributed by atoms with Gasteiger partial charge in [0.1, 0.15) is 23.1 Å². The molecule has 2 aromatic carbocycles. The summed E-state index contributed by atoms with van der Waals surface area (Å²) in [6, 6.07) is 15.2. The monoisotopic (exact) mass is 447 g/mol. The van der Waals surface area contributed by atoms with Gasteiger partial charge in [-0.3, -0.25) is 4.79 Å². The molecular weight excluding hydrogens is 427 g/mol. The van der Waals surface area contributed by atoms with Crippen molar-refractivity contribution in [2.24, 2.45) is 0 Å². The molecule has 0 aliphatic carbocycles.